The predicted octanol–water partition coefficient (Wildman–Crippen LogP) is 3.64. The second kappa shape index (κ2) is 7.03. The third kappa shape index (κ3) is 3.03. The van der Waals surface area contributed by atoms with E-state index in [0.717, 1.165) is 23.2 Å². The van der Waals surface area contributed by atoms with Crippen LogP contribution in [0.1, 0.15) is 23.6 Å². The Labute approximate surface area is 147 Å². The van der Waals surface area contributed by atoms with Crippen molar-refractivity contribution in [3.05, 3.63) is 70.8 Å². The van der Waals surface area contributed by atoms with Gasteiger partial charge in [-0.15, -0.1) is 0 Å². The number of hydrogen-bond acceptors (Lipinski definition) is 3. The van der Waals surface area contributed by atoms with E-state index in [9.17, 15) is 15.3 Å². The molecule has 0 spiro atoms. The van der Waals surface area contributed by atoms with Crippen LogP contribution in [0, 0.1) is 22.7 Å². The van der Waals surface area contributed by atoms with E-state index in [0.29, 0.717) is 18.5 Å². The molecule has 0 bridgehead atoms. The van der Waals surface area contributed by atoms with Gasteiger partial charge in [0, 0.05) is 12.1 Å². The first kappa shape index (κ1) is 16.5. The van der Waals surface area contributed by atoms with Crippen LogP contribution in [0.5, 0.6) is 0 Å². The monoisotopic (exact) mass is 327 g/mol. The van der Waals surface area contributed by atoms with Gasteiger partial charge in [-0.1, -0.05) is 43.3 Å². The molecule has 4 heteroatoms. The van der Waals surface area contributed by atoms with Crippen molar-refractivity contribution in [3.63, 3.8) is 0 Å². The van der Waals surface area contributed by atoms with Crippen LogP contribution in [0.2, 0.25) is 0 Å². The van der Waals surface area contributed by atoms with E-state index in [1.807, 2.05) is 67.6 Å². The number of hydrogen-bond donors (Lipinski definition) is 0. The minimum absolute atomic E-state index is 0.123. The first-order valence-electron chi connectivity index (χ1n) is 8.23. The first-order valence-corrected chi connectivity index (χ1v) is 8.23. The summed E-state index contributed by atoms with van der Waals surface area (Å²) in [6, 6.07) is 19.5. The summed E-state index contributed by atoms with van der Waals surface area (Å²) in [5.41, 5.74) is 3.78. The number of amides is 1. The van der Waals surface area contributed by atoms with Crippen molar-refractivity contribution in [1.82, 2.24) is 0 Å². The third-order valence-corrected chi connectivity index (χ3v) is 4.43. The highest BCUT2D eigenvalue weighted by atomic mass is 16.2. The molecule has 0 fully saturated rings. The van der Waals surface area contributed by atoms with Crippen LogP contribution in [-0.2, 0) is 17.6 Å². The van der Waals surface area contributed by atoms with Crippen molar-refractivity contribution in [3.8, 4) is 12.1 Å². The van der Waals surface area contributed by atoms with Gasteiger partial charge < -0.3 is 4.90 Å². The van der Waals surface area contributed by atoms with Crippen LogP contribution in [-0.4, -0.2) is 12.5 Å². The van der Waals surface area contributed by atoms with Crippen LogP contribution < -0.4 is 4.90 Å². The van der Waals surface area contributed by atoms with Crippen LogP contribution in [0.3, 0.4) is 0 Å². The topological polar surface area (TPSA) is 67.9 Å². The summed E-state index contributed by atoms with van der Waals surface area (Å²) >= 11 is 0. The van der Waals surface area contributed by atoms with Crippen LogP contribution >= 0.6 is 0 Å². The molecule has 1 heterocycles. The zero-order chi connectivity index (χ0) is 17.8. The van der Waals surface area contributed by atoms with Gasteiger partial charge in [-0.05, 0) is 36.1 Å². The lowest BCUT2D eigenvalue weighted by Gasteiger charge is -2.17. The Morgan fingerprint density at radius 2 is 1.76 bits per heavy atom. The fourth-order valence-corrected chi connectivity index (χ4v) is 3.08. The number of fused-ring (bicyclic) bond motifs is 1. The zero-order valence-corrected chi connectivity index (χ0v) is 14.0. The van der Waals surface area contributed by atoms with Gasteiger partial charge in [0.1, 0.15) is 17.7 Å². The van der Waals surface area contributed by atoms with E-state index >= 15 is 0 Å². The quantitative estimate of drug-likeness (QED) is 0.636. The molecule has 0 saturated heterocycles. The highest BCUT2D eigenvalue weighted by molar-refractivity contribution is 6.34. The smallest absolute Gasteiger partial charge is 0.261 e. The molecule has 0 radical (unpaired) electrons. The van der Waals surface area contributed by atoms with Crippen molar-refractivity contribution >= 4 is 17.2 Å². The molecule has 3 rings (SSSR count). The number of anilines is 1. The standard InChI is InChI=1S/C21H17N3O/c1-2-15-8-9-19-18(12-15)20(17(13-22)14-23)21(25)24(19)11-10-16-6-4-3-5-7-16/h3-9,12H,2,10-11H2,1H3. The summed E-state index contributed by atoms with van der Waals surface area (Å²) < 4.78 is 0. The van der Waals surface area contributed by atoms with Crippen LogP contribution in [0.15, 0.2) is 54.1 Å². The Kier molecular flexibility index (Phi) is 4.64. The van der Waals surface area contributed by atoms with Crippen molar-refractivity contribution in [1.29, 1.82) is 10.5 Å². The van der Waals surface area contributed by atoms with E-state index in [-0.39, 0.29) is 17.1 Å². The molecule has 122 valence electrons. The molecule has 1 aliphatic heterocycles. The van der Waals surface area contributed by atoms with Gasteiger partial charge in [-0.2, -0.15) is 10.5 Å². The minimum Gasteiger partial charge on any atom is -0.307 e. The summed E-state index contributed by atoms with van der Waals surface area (Å²) in [5.74, 6) is -0.266. The molecule has 0 saturated carbocycles. The molecule has 4 nitrogen and oxygen atoms in total. The number of carbonyl (C=O) groups excluding carboxylic acids is 1. The van der Waals surface area contributed by atoms with Crippen molar-refractivity contribution < 1.29 is 4.79 Å². The van der Waals surface area contributed by atoms with Gasteiger partial charge in [-0.25, -0.2) is 0 Å². The Morgan fingerprint density at radius 1 is 1.04 bits per heavy atom. The predicted molar refractivity (Wildman–Crippen MR) is 96.5 cm³/mol. The van der Waals surface area contributed by atoms with Crippen molar-refractivity contribution in [2.24, 2.45) is 0 Å². The number of nitrogens with zero attached hydrogens (tertiary/aromatic N) is 3. The van der Waals surface area contributed by atoms with Crippen LogP contribution in [0.25, 0.3) is 5.57 Å². The SMILES string of the molecule is CCc1ccc2c(c1)C(=C(C#N)C#N)C(=O)N2CCc1ccccc1. The highest BCUT2D eigenvalue weighted by Gasteiger charge is 2.34. The molecule has 2 aromatic carbocycles. The lowest BCUT2D eigenvalue weighted by atomic mass is 9.99. The molecule has 1 amide bonds. The van der Waals surface area contributed by atoms with E-state index in [4.69, 9.17) is 0 Å². The number of allylic oxidation sites excluding steroid dienone is 1. The Hall–Kier alpha value is -3.37. The number of benzene rings is 2. The maximum atomic E-state index is 12.9. The highest BCUT2D eigenvalue weighted by Crippen LogP contribution is 2.39. The largest absolute Gasteiger partial charge is 0.307 e. The van der Waals surface area contributed by atoms with Crippen molar-refractivity contribution in [2.75, 3.05) is 11.4 Å². The second-order valence-corrected chi connectivity index (χ2v) is 5.87. The molecule has 0 N–H and O–H groups in total. The number of aryl methyl sites for hydroxylation is 1. The van der Waals surface area contributed by atoms with Crippen molar-refractivity contribution in [2.45, 2.75) is 19.8 Å². The molecule has 0 atom stereocenters. The second-order valence-electron chi connectivity index (χ2n) is 5.87. The number of rotatable bonds is 4. The van der Waals surface area contributed by atoms with Gasteiger partial charge in [0.05, 0.1) is 11.3 Å². The van der Waals surface area contributed by atoms with E-state index in [1.165, 1.54) is 0 Å². The van der Waals surface area contributed by atoms with Gasteiger partial charge >= 0.3 is 0 Å². The van der Waals surface area contributed by atoms with Gasteiger partial charge in [0.15, 0.2) is 0 Å². The average Bonchev–Trinajstić information content (AvgIpc) is 2.93. The summed E-state index contributed by atoms with van der Waals surface area (Å²) in [6.07, 6.45) is 1.54. The molecular formula is C21H17N3O. The lowest BCUT2D eigenvalue weighted by molar-refractivity contribution is -0.113. The fraction of sp³-hybridized carbons (Fsp3) is 0.190. The fourth-order valence-electron chi connectivity index (χ4n) is 3.08. The van der Waals surface area contributed by atoms with E-state index in [2.05, 4.69) is 0 Å². The van der Waals surface area contributed by atoms with Gasteiger partial charge in [0.2, 0.25) is 0 Å². The molecule has 1 aliphatic rings. The van der Waals surface area contributed by atoms with Crippen LogP contribution in [0.4, 0.5) is 5.69 Å². The summed E-state index contributed by atoms with van der Waals surface area (Å²) in [7, 11) is 0. The van der Waals surface area contributed by atoms with Gasteiger partial charge in [0.25, 0.3) is 5.91 Å². The molecule has 0 aliphatic carbocycles. The lowest BCUT2D eigenvalue weighted by Crippen LogP contribution is -2.28. The molecular weight excluding hydrogens is 310 g/mol. The normalized spacial score (nSPS) is 12.5. The Bertz CT molecular complexity index is 914. The minimum atomic E-state index is -0.266. The van der Waals surface area contributed by atoms with E-state index < -0.39 is 0 Å². The number of nitriles is 2. The Morgan fingerprint density at radius 3 is 2.40 bits per heavy atom. The maximum Gasteiger partial charge on any atom is 0.261 e. The summed E-state index contributed by atoms with van der Waals surface area (Å²) in [4.78, 5) is 14.6. The molecule has 25 heavy (non-hydrogen) atoms. The maximum absolute atomic E-state index is 12.9. The average molecular weight is 327 g/mol. The number of carbonyl (C=O) groups is 1. The van der Waals surface area contributed by atoms with Gasteiger partial charge in [-0.3, -0.25) is 4.79 Å². The third-order valence-electron chi connectivity index (χ3n) is 4.43. The molecule has 2 aromatic rings. The first-order chi connectivity index (χ1) is 12.2. The van der Waals surface area contributed by atoms with E-state index in [1.54, 1.807) is 4.90 Å². The zero-order valence-electron chi connectivity index (χ0n) is 14.0. The Balaban J connectivity index is 2.02. The summed E-state index contributed by atoms with van der Waals surface area (Å²) in [5, 5.41) is 18.5. The molecule has 0 unspecified atom stereocenters. The molecule has 0 aromatic heterocycles. The summed E-state index contributed by atoms with van der Waals surface area (Å²) in [6.45, 7) is 2.54.